The van der Waals surface area contributed by atoms with Gasteiger partial charge in [0, 0.05) is 12.2 Å². The Kier molecular flexibility index (Phi) is 4.75. The lowest BCUT2D eigenvalue weighted by Gasteiger charge is -2.09. The van der Waals surface area contributed by atoms with Gasteiger partial charge in [-0.05, 0) is 48.9 Å². The third kappa shape index (κ3) is 3.71. The molecule has 0 aliphatic heterocycles. The summed E-state index contributed by atoms with van der Waals surface area (Å²) in [6, 6.07) is 19.5. The minimum absolute atomic E-state index is 0.0341. The Morgan fingerprint density at radius 1 is 1.04 bits per heavy atom. The Balaban J connectivity index is 1.78. The number of fused-ring (bicyclic) bond motifs is 1. The van der Waals surface area contributed by atoms with E-state index >= 15 is 0 Å². The molecule has 0 saturated heterocycles. The van der Waals surface area contributed by atoms with E-state index in [1.807, 2.05) is 74.5 Å². The van der Waals surface area contributed by atoms with Crippen LogP contribution in [0.5, 0.6) is 5.75 Å². The molecule has 3 aromatic rings. The summed E-state index contributed by atoms with van der Waals surface area (Å²) in [5, 5.41) is 2.23. The van der Waals surface area contributed by atoms with Gasteiger partial charge in [0.2, 0.25) is 0 Å². The number of hydrogen-bond donors (Lipinski definition) is 0. The van der Waals surface area contributed by atoms with Crippen LogP contribution in [-0.4, -0.2) is 23.1 Å². The molecule has 0 unspecified atom stereocenters. The number of carbonyl (C=O) groups excluding carboxylic acids is 1. The van der Waals surface area contributed by atoms with E-state index in [0.29, 0.717) is 11.2 Å². The van der Waals surface area contributed by atoms with Gasteiger partial charge in [0.1, 0.15) is 11.2 Å². The molecule has 1 heterocycles. The number of benzene rings is 2. The molecule has 1 aromatic heterocycles. The highest BCUT2D eigenvalue weighted by Gasteiger charge is 2.07. The number of pyridine rings is 1. The van der Waals surface area contributed by atoms with Gasteiger partial charge in [-0.25, -0.2) is 0 Å². The van der Waals surface area contributed by atoms with E-state index in [4.69, 9.17) is 4.74 Å². The lowest BCUT2D eigenvalue weighted by molar-refractivity contribution is 0.0831. The molecule has 0 radical (unpaired) electrons. The van der Waals surface area contributed by atoms with Gasteiger partial charge in [0.15, 0.2) is 6.61 Å². The first kappa shape index (κ1) is 16.0. The predicted molar refractivity (Wildman–Crippen MR) is 95.2 cm³/mol. The van der Waals surface area contributed by atoms with Crippen LogP contribution < -0.4 is 10.2 Å². The van der Waals surface area contributed by atoms with Crippen molar-refractivity contribution in [3.05, 3.63) is 72.3 Å². The average Bonchev–Trinajstić information content (AvgIpc) is 2.59. The van der Waals surface area contributed by atoms with Gasteiger partial charge in [-0.2, -0.15) is 0 Å². The van der Waals surface area contributed by atoms with Crippen LogP contribution in [0.2, 0.25) is 0 Å². The number of rotatable bonds is 4. The van der Waals surface area contributed by atoms with Crippen molar-refractivity contribution in [3.63, 3.8) is 0 Å². The molecule has 4 heteroatoms. The van der Waals surface area contributed by atoms with Crippen LogP contribution >= 0.6 is 0 Å². The van der Waals surface area contributed by atoms with E-state index in [0.717, 1.165) is 10.8 Å². The highest BCUT2D eigenvalue weighted by molar-refractivity contribution is 5.84. The number of carbonyl (C=O) groups is 1. The van der Waals surface area contributed by atoms with Crippen molar-refractivity contribution < 1.29 is 9.53 Å². The van der Waals surface area contributed by atoms with Crippen LogP contribution in [0.3, 0.4) is 0 Å². The fraction of sp³-hybridized carbons (Fsp3) is 0.200. The first-order chi connectivity index (χ1) is 11.6. The first-order valence-electron chi connectivity index (χ1n) is 8.00. The number of hydrogen-bond acceptors (Lipinski definition) is 3. The monoisotopic (exact) mass is 320 g/mol. The fourth-order valence-corrected chi connectivity index (χ4v) is 2.49. The van der Waals surface area contributed by atoms with E-state index in [1.165, 1.54) is 4.57 Å². The zero-order valence-corrected chi connectivity index (χ0v) is 13.8. The minimum atomic E-state index is -0.150. The normalized spacial score (nSPS) is 11.9. The van der Waals surface area contributed by atoms with E-state index in [1.54, 1.807) is 6.20 Å². The SMILES string of the molecule is CC(C)N=c1ccccn1C(=O)COc1ccc2ccccc2c1. The molecule has 3 rings (SSSR count). The molecule has 0 bridgehead atoms. The van der Waals surface area contributed by atoms with Crippen molar-refractivity contribution in [1.29, 1.82) is 0 Å². The van der Waals surface area contributed by atoms with Crippen molar-refractivity contribution in [2.75, 3.05) is 6.61 Å². The quantitative estimate of drug-likeness (QED) is 0.736. The second kappa shape index (κ2) is 7.13. The lowest BCUT2D eigenvalue weighted by atomic mass is 10.1. The molecular weight excluding hydrogens is 300 g/mol. The highest BCUT2D eigenvalue weighted by atomic mass is 16.5. The molecule has 122 valence electrons. The molecule has 0 fully saturated rings. The van der Waals surface area contributed by atoms with Crippen molar-refractivity contribution in [3.8, 4) is 5.75 Å². The summed E-state index contributed by atoms with van der Waals surface area (Å²) in [5.74, 6) is 0.532. The smallest absolute Gasteiger partial charge is 0.270 e. The molecular formula is C20H20N2O2. The molecule has 24 heavy (non-hydrogen) atoms. The van der Waals surface area contributed by atoms with Crippen LogP contribution in [0.4, 0.5) is 0 Å². The molecule has 0 saturated carbocycles. The Hall–Kier alpha value is -2.88. The number of ether oxygens (including phenoxy) is 1. The lowest BCUT2D eigenvalue weighted by Crippen LogP contribution is -2.31. The molecule has 0 atom stereocenters. The molecule has 2 aromatic carbocycles. The van der Waals surface area contributed by atoms with Gasteiger partial charge in [0.25, 0.3) is 5.91 Å². The Morgan fingerprint density at radius 2 is 1.79 bits per heavy atom. The molecule has 0 aliphatic rings. The van der Waals surface area contributed by atoms with Crippen molar-refractivity contribution in [2.45, 2.75) is 19.9 Å². The maximum atomic E-state index is 12.5. The first-order valence-corrected chi connectivity index (χ1v) is 8.00. The van der Waals surface area contributed by atoms with Crippen molar-refractivity contribution in [2.24, 2.45) is 4.99 Å². The summed E-state index contributed by atoms with van der Waals surface area (Å²) in [6.45, 7) is 3.93. The highest BCUT2D eigenvalue weighted by Crippen LogP contribution is 2.20. The molecule has 4 nitrogen and oxygen atoms in total. The van der Waals surface area contributed by atoms with E-state index in [2.05, 4.69) is 4.99 Å². The second-order valence-corrected chi connectivity index (χ2v) is 5.84. The van der Waals surface area contributed by atoms with Gasteiger partial charge in [0.05, 0.1) is 0 Å². The standard InChI is InChI=1S/C20H20N2O2/c1-15(2)21-19-9-5-6-12-22(19)20(23)14-24-18-11-10-16-7-3-4-8-17(16)13-18/h3-13,15H,14H2,1-2H3. The predicted octanol–water partition coefficient (Wildman–Crippen LogP) is 3.67. The van der Waals surface area contributed by atoms with E-state index < -0.39 is 0 Å². The van der Waals surface area contributed by atoms with Crippen LogP contribution in [0, 0.1) is 0 Å². The van der Waals surface area contributed by atoms with Crippen LogP contribution in [-0.2, 0) is 0 Å². The Morgan fingerprint density at radius 3 is 2.58 bits per heavy atom. The number of nitrogens with zero attached hydrogens (tertiary/aromatic N) is 2. The Labute approximate surface area is 141 Å². The maximum absolute atomic E-state index is 12.5. The largest absolute Gasteiger partial charge is 0.484 e. The van der Waals surface area contributed by atoms with E-state index in [9.17, 15) is 4.79 Å². The summed E-state index contributed by atoms with van der Waals surface area (Å²) >= 11 is 0. The number of aromatic nitrogens is 1. The summed E-state index contributed by atoms with van der Waals surface area (Å²) in [6.07, 6.45) is 1.72. The average molecular weight is 320 g/mol. The van der Waals surface area contributed by atoms with Gasteiger partial charge in [-0.3, -0.25) is 14.4 Å². The van der Waals surface area contributed by atoms with Crippen molar-refractivity contribution >= 4 is 16.7 Å². The summed E-state index contributed by atoms with van der Waals surface area (Å²) in [7, 11) is 0. The maximum Gasteiger partial charge on any atom is 0.270 e. The minimum Gasteiger partial charge on any atom is -0.484 e. The zero-order chi connectivity index (χ0) is 16.9. The second-order valence-electron chi connectivity index (χ2n) is 5.84. The summed E-state index contributed by atoms with van der Waals surface area (Å²) in [5.41, 5.74) is 0.639. The summed E-state index contributed by atoms with van der Waals surface area (Å²) < 4.78 is 7.21. The van der Waals surface area contributed by atoms with Gasteiger partial charge in [-0.15, -0.1) is 0 Å². The van der Waals surface area contributed by atoms with Gasteiger partial charge < -0.3 is 4.74 Å². The van der Waals surface area contributed by atoms with Crippen molar-refractivity contribution in [1.82, 2.24) is 4.57 Å². The summed E-state index contributed by atoms with van der Waals surface area (Å²) in [4.78, 5) is 16.9. The third-order valence-corrected chi connectivity index (χ3v) is 3.58. The van der Waals surface area contributed by atoms with E-state index in [-0.39, 0.29) is 18.6 Å². The van der Waals surface area contributed by atoms with Crippen LogP contribution in [0.1, 0.15) is 18.6 Å². The van der Waals surface area contributed by atoms with Crippen LogP contribution in [0.25, 0.3) is 10.8 Å². The third-order valence-electron chi connectivity index (χ3n) is 3.58. The van der Waals surface area contributed by atoms with Gasteiger partial charge in [-0.1, -0.05) is 36.4 Å². The molecule has 0 N–H and O–H groups in total. The topological polar surface area (TPSA) is 43.6 Å². The molecule has 0 spiro atoms. The molecule has 0 amide bonds. The zero-order valence-electron chi connectivity index (χ0n) is 13.8. The molecule has 0 aliphatic carbocycles. The fourth-order valence-electron chi connectivity index (χ4n) is 2.49. The van der Waals surface area contributed by atoms with Crippen LogP contribution in [0.15, 0.2) is 71.9 Å². The van der Waals surface area contributed by atoms with Gasteiger partial charge >= 0.3 is 0 Å². The Bertz CT molecular complexity index is 926.